The Bertz CT molecular complexity index is 795. The van der Waals surface area contributed by atoms with E-state index in [1.165, 1.54) is 27.6 Å². The van der Waals surface area contributed by atoms with E-state index < -0.39 is 0 Å². The topological polar surface area (TPSA) is 12.9 Å². The molecular weight excluding hydrogens is 266 g/mol. The molecule has 112 valence electrons. The van der Waals surface area contributed by atoms with Crippen molar-refractivity contribution in [1.29, 1.82) is 0 Å². The molecule has 0 aliphatic heterocycles. The van der Waals surface area contributed by atoms with Crippen molar-refractivity contribution >= 4 is 10.9 Å². The van der Waals surface area contributed by atoms with Crippen molar-refractivity contribution in [2.45, 2.75) is 39.5 Å². The van der Waals surface area contributed by atoms with Crippen molar-refractivity contribution in [3.8, 4) is 0 Å². The van der Waals surface area contributed by atoms with Crippen molar-refractivity contribution < 1.29 is 0 Å². The fourth-order valence-corrected chi connectivity index (χ4v) is 3.21. The van der Waals surface area contributed by atoms with Gasteiger partial charge in [-0.1, -0.05) is 55.3 Å². The molecule has 0 radical (unpaired) electrons. The number of fused-ring (bicyclic) bond motifs is 1. The summed E-state index contributed by atoms with van der Waals surface area (Å²) in [6.45, 7) is 9.01. The standard InChI is InChI=1S/C21H23N/c1-15-10-16(2)12-19(11-15)21(3,4)14-17-7-8-20-18(13-17)6-5-9-22-20/h5-13H,14H2,1-4H3. The highest BCUT2D eigenvalue weighted by atomic mass is 14.6. The van der Waals surface area contributed by atoms with E-state index in [0.29, 0.717) is 0 Å². The highest BCUT2D eigenvalue weighted by Crippen LogP contribution is 2.30. The van der Waals surface area contributed by atoms with Gasteiger partial charge in [0.1, 0.15) is 0 Å². The molecule has 0 saturated heterocycles. The molecule has 1 aromatic heterocycles. The fourth-order valence-electron chi connectivity index (χ4n) is 3.21. The molecule has 0 unspecified atom stereocenters. The second kappa shape index (κ2) is 5.57. The molecule has 3 rings (SSSR count). The molecule has 0 bridgehead atoms. The lowest BCUT2D eigenvalue weighted by Gasteiger charge is -2.26. The Kier molecular flexibility index (Phi) is 3.74. The van der Waals surface area contributed by atoms with E-state index in [1.54, 1.807) is 0 Å². The summed E-state index contributed by atoms with van der Waals surface area (Å²) >= 11 is 0. The first-order valence-corrected chi connectivity index (χ1v) is 7.86. The average molecular weight is 289 g/mol. The number of aryl methyl sites for hydroxylation is 2. The number of pyridine rings is 1. The molecule has 1 heterocycles. The van der Waals surface area contributed by atoms with Crippen molar-refractivity contribution in [3.63, 3.8) is 0 Å². The Balaban J connectivity index is 1.94. The summed E-state index contributed by atoms with van der Waals surface area (Å²) in [5.41, 5.74) is 6.64. The zero-order valence-corrected chi connectivity index (χ0v) is 13.9. The molecule has 0 saturated carbocycles. The molecule has 0 atom stereocenters. The first kappa shape index (κ1) is 14.8. The van der Waals surface area contributed by atoms with Crippen LogP contribution in [0, 0.1) is 13.8 Å². The number of hydrogen-bond acceptors (Lipinski definition) is 1. The Labute approximate surface area is 133 Å². The van der Waals surface area contributed by atoms with Crippen LogP contribution in [0.4, 0.5) is 0 Å². The van der Waals surface area contributed by atoms with Crippen molar-refractivity contribution in [2.75, 3.05) is 0 Å². The highest BCUT2D eigenvalue weighted by molar-refractivity contribution is 5.78. The summed E-state index contributed by atoms with van der Waals surface area (Å²) in [4.78, 5) is 4.40. The lowest BCUT2D eigenvalue weighted by Crippen LogP contribution is -2.20. The maximum absolute atomic E-state index is 4.40. The minimum absolute atomic E-state index is 0.118. The predicted octanol–water partition coefficient (Wildman–Crippen LogP) is 5.37. The fraction of sp³-hybridized carbons (Fsp3) is 0.286. The molecule has 0 amide bonds. The molecule has 0 fully saturated rings. The Morgan fingerprint density at radius 1 is 0.909 bits per heavy atom. The van der Waals surface area contributed by atoms with E-state index in [1.807, 2.05) is 12.3 Å². The summed E-state index contributed by atoms with van der Waals surface area (Å²) in [5.74, 6) is 0. The summed E-state index contributed by atoms with van der Waals surface area (Å²) in [7, 11) is 0. The molecular formula is C21H23N. The van der Waals surface area contributed by atoms with Crippen LogP contribution in [0.1, 0.15) is 36.1 Å². The van der Waals surface area contributed by atoms with Gasteiger partial charge in [-0.05, 0) is 55.0 Å². The Morgan fingerprint density at radius 3 is 2.36 bits per heavy atom. The van der Waals surface area contributed by atoms with Gasteiger partial charge in [0.05, 0.1) is 5.52 Å². The first-order chi connectivity index (χ1) is 10.4. The van der Waals surface area contributed by atoms with Crippen LogP contribution >= 0.6 is 0 Å². The quantitative estimate of drug-likeness (QED) is 0.631. The summed E-state index contributed by atoms with van der Waals surface area (Å²) < 4.78 is 0. The van der Waals surface area contributed by atoms with E-state index in [2.05, 4.69) is 75.1 Å². The molecule has 1 nitrogen and oxygen atoms in total. The van der Waals surface area contributed by atoms with Gasteiger partial charge in [-0.2, -0.15) is 0 Å². The van der Waals surface area contributed by atoms with Gasteiger partial charge < -0.3 is 0 Å². The molecule has 0 N–H and O–H groups in total. The van der Waals surface area contributed by atoms with Crippen LogP contribution in [0.25, 0.3) is 10.9 Å². The van der Waals surface area contributed by atoms with Crippen LogP contribution in [0.2, 0.25) is 0 Å². The monoisotopic (exact) mass is 289 g/mol. The van der Waals surface area contributed by atoms with Crippen LogP contribution in [0.5, 0.6) is 0 Å². The van der Waals surface area contributed by atoms with Crippen LogP contribution in [0.15, 0.2) is 54.7 Å². The van der Waals surface area contributed by atoms with E-state index in [9.17, 15) is 0 Å². The second-order valence-electron chi connectivity index (χ2n) is 6.97. The van der Waals surface area contributed by atoms with Crippen molar-refractivity contribution in [3.05, 3.63) is 77.0 Å². The minimum Gasteiger partial charge on any atom is -0.256 e. The molecule has 1 heteroatoms. The molecule has 0 aliphatic rings. The van der Waals surface area contributed by atoms with Crippen LogP contribution in [0.3, 0.4) is 0 Å². The maximum atomic E-state index is 4.40. The van der Waals surface area contributed by atoms with Gasteiger partial charge in [-0.3, -0.25) is 4.98 Å². The highest BCUT2D eigenvalue weighted by Gasteiger charge is 2.21. The van der Waals surface area contributed by atoms with Gasteiger partial charge in [-0.15, -0.1) is 0 Å². The molecule has 0 aliphatic carbocycles. The van der Waals surface area contributed by atoms with Gasteiger partial charge in [0.25, 0.3) is 0 Å². The first-order valence-electron chi connectivity index (χ1n) is 7.86. The molecule has 0 spiro atoms. The molecule has 2 aromatic carbocycles. The maximum Gasteiger partial charge on any atom is 0.0702 e. The van der Waals surface area contributed by atoms with Gasteiger partial charge in [0.2, 0.25) is 0 Å². The van der Waals surface area contributed by atoms with Crippen LogP contribution in [-0.2, 0) is 11.8 Å². The van der Waals surface area contributed by atoms with Crippen molar-refractivity contribution in [2.24, 2.45) is 0 Å². The summed E-state index contributed by atoms with van der Waals surface area (Å²) in [6.07, 6.45) is 2.88. The van der Waals surface area contributed by atoms with Crippen molar-refractivity contribution in [1.82, 2.24) is 4.98 Å². The lowest BCUT2D eigenvalue weighted by molar-refractivity contribution is 0.522. The third-order valence-corrected chi connectivity index (χ3v) is 4.32. The zero-order valence-electron chi connectivity index (χ0n) is 13.9. The van der Waals surface area contributed by atoms with Crippen LogP contribution in [-0.4, -0.2) is 4.98 Å². The van der Waals surface area contributed by atoms with Gasteiger partial charge >= 0.3 is 0 Å². The largest absolute Gasteiger partial charge is 0.256 e. The zero-order chi connectivity index (χ0) is 15.7. The lowest BCUT2D eigenvalue weighted by atomic mass is 9.78. The number of rotatable bonds is 3. The smallest absolute Gasteiger partial charge is 0.0702 e. The van der Waals surface area contributed by atoms with E-state index in [-0.39, 0.29) is 5.41 Å². The Morgan fingerprint density at radius 2 is 1.64 bits per heavy atom. The van der Waals surface area contributed by atoms with E-state index in [0.717, 1.165) is 11.9 Å². The van der Waals surface area contributed by atoms with Gasteiger partial charge in [0.15, 0.2) is 0 Å². The minimum atomic E-state index is 0.118. The number of aromatic nitrogens is 1. The van der Waals surface area contributed by atoms with Crippen LogP contribution < -0.4 is 0 Å². The number of nitrogens with zero attached hydrogens (tertiary/aromatic N) is 1. The SMILES string of the molecule is Cc1cc(C)cc(C(C)(C)Cc2ccc3ncccc3c2)c1. The summed E-state index contributed by atoms with van der Waals surface area (Å²) in [6, 6.07) is 17.6. The van der Waals surface area contributed by atoms with Gasteiger partial charge in [-0.25, -0.2) is 0 Å². The average Bonchev–Trinajstić information content (AvgIpc) is 2.46. The second-order valence-corrected chi connectivity index (χ2v) is 6.97. The number of hydrogen-bond donors (Lipinski definition) is 0. The normalized spacial score (nSPS) is 11.8. The third kappa shape index (κ3) is 3.04. The predicted molar refractivity (Wildman–Crippen MR) is 94.4 cm³/mol. The summed E-state index contributed by atoms with van der Waals surface area (Å²) in [5, 5.41) is 1.22. The molecule has 22 heavy (non-hydrogen) atoms. The van der Waals surface area contributed by atoms with E-state index >= 15 is 0 Å². The molecule has 3 aromatic rings. The third-order valence-electron chi connectivity index (χ3n) is 4.32. The number of benzene rings is 2. The van der Waals surface area contributed by atoms with Gasteiger partial charge in [0, 0.05) is 11.6 Å². The van der Waals surface area contributed by atoms with E-state index in [4.69, 9.17) is 0 Å². The Hall–Kier alpha value is -2.15.